The maximum atomic E-state index is 9.90. The zero-order valence-electron chi connectivity index (χ0n) is 20.7. The molecule has 178 valence electrons. The number of phenolic OH excluding ortho intramolecular Hbond substituents is 1. The van der Waals surface area contributed by atoms with Gasteiger partial charge in [0.25, 0.3) is 0 Å². The lowest BCUT2D eigenvalue weighted by Gasteiger charge is -2.34. The Bertz CT molecular complexity index is 754. The van der Waals surface area contributed by atoms with Crippen LogP contribution in [0, 0.1) is 6.92 Å². The fourth-order valence-corrected chi connectivity index (χ4v) is 5.66. The molecule has 32 heavy (non-hydrogen) atoms. The summed E-state index contributed by atoms with van der Waals surface area (Å²) in [6.07, 6.45) is 11.6. The molecular formula is C29H44O2S. The minimum Gasteiger partial charge on any atom is -0.508 e. The summed E-state index contributed by atoms with van der Waals surface area (Å²) in [7, 11) is 1.78. The van der Waals surface area contributed by atoms with Gasteiger partial charge < -0.3 is 9.84 Å². The molecule has 2 aromatic carbocycles. The summed E-state index contributed by atoms with van der Waals surface area (Å²) in [4.78, 5) is 1.27. The van der Waals surface area contributed by atoms with Gasteiger partial charge in [-0.05, 0) is 48.9 Å². The fraction of sp³-hybridized carbons (Fsp3) is 0.586. The summed E-state index contributed by atoms with van der Waals surface area (Å²) < 4.78 is 5.13. The maximum absolute atomic E-state index is 9.90. The number of hydrogen-bond donors (Lipinski definition) is 1. The Kier molecular flexibility index (Phi) is 12.9. The number of aromatic hydroxyl groups is 1. The first kappa shape index (κ1) is 26.8. The van der Waals surface area contributed by atoms with Crippen molar-refractivity contribution < 1.29 is 9.84 Å². The van der Waals surface area contributed by atoms with Crippen molar-refractivity contribution in [2.24, 2.45) is 0 Å². The van der Waals surface area contributed by atoms with E-state index in [4.69, 9.17) is 4.74 Å². The molecule has 2 unspecified atom stereocenters. The van der Waals surface area contributed by atoms with Crippen LogP contribution in [-0.2, 0) is 4.74 Å². The molecule has 2 atom stereocenters. The Balaban J connectivity index is 0.000000837. The van der Waals surface area contributed by atoms with E-state index in [1.54, 1.807) is 7.11 Å². The number of aryl methyl sites for hydroxylation is 1. The minimum atomic E-state index is 0.384. The number of fused-ring (bicyclic) bond motifs is 1. The van der Waals surface area contributed by atoms with E-state index < -0.39 is 0 Å². The predicted molar refractivity (Wildman–Crippen MR) is 140 cm³/mol. The van der Waals surface area contributed by atoms with Gasteiger partial charge in [0.2, 0.25) is 0 Å². The summed E-state index contributed by atoms with van der Waals surface area (Å²) in [6.45, 7) is 7.41. The Morgan fingerprint density at radius 1 is 0.906 bits per heavy atom. The van der Waals surface area contributed by atoms with E-state index in [9.17, 15) is 5.11 Å². The van der Waals surface area contributed by atoms with Crippen molar-refractivity contribution in [1.82, 2.24) is 0 Å². The molecule has 3 heteroatoms. The molecule has 0 spiro atoms. The molecule has 0 saturated heterocycles. The van der Waals surface area contributed by atoms with E-state index >= 15 is 0 Å². The van der Waals surface area contributed by atoms with Gasteiger partial charge in [0, 0.05) is 30.3 Å². The molecule has 1 aliphatic heterocycles. The molecule has 3 rings (SSSR count). The molecule has 2 aromatic rings. The topological polar surface area (TPSA) is 29.5 Å². The zero-order chi connectivity index (χ0) is 23.2. The SMILES string of the molecule is CCCC.COCCCCCCCCC1c2ccc(O)cc2SCC1c1ccc(C)cc1. The molecule has 0 aliphatic carbocycles. The monoisotopic (exact) mass is 456 g/mol. The van der Waals surface area contributed by atoms with E-state index in [0.29, 0.717) is 17.6 Å². The third-order valence-corrected chi connectivity index (χ3v) is 7.61. The first-order chi connectivity index (χ1) is 15.6. The first-order valence-corrected chi connectivity index (χ1v) is 13.6. The highest BCUT2D eigenvalue weighted by Gasteiger charge is 2.31. The van der Waals surface area contributed by atoms with Crippen LogP contribution in [-0.4, -0.2) is 24.6 Å². The molecule has 1 N–H and O–H groups in total. The van der Waals surface area contributed by atoms with Gasteiger partial charge in [-0.3, -0.25) is 0 Å². The summed E-state index contributed by atoms with van der Waals surface area (Å²) >= 11 is 1.90. The molecule has 0 fully saturated rings. The average molecular weight is 457 g/mol. The second-order valence-corrected chi connectivity index (χ2v) is 10.1. The van der Waals surface area contributed by atoms with Crippen LogP contribution in [0.1, 0.15) is 100 Å². The molecule has 1 heterocycles. The number of phenols is 1. The van der Waals surface area contributed by atoms with Crippen LogP contribution >= 0.6 is 11.8 Å². The number of benzene rings is 2. The lowest BCUT2D eigenvalue weighted by atomic mass is 9.79. The second-order valence-electron chi connectivity index (χ2n) is 9.06. The van der Waals surface area contributed by atoms with Crippen LogP contribution in [0.3, 0.4) is 0 Å². The maximum Gasteiger partial charge on any atom is 0.116 e. The van der Waals surface area contributed by atoms with Crippen LogP contribution in [0.4, 0.5) is 0 Å². The van der Waals surface area contributed by atoms with Gasteiger partial charge in [-0.1, -0.05) is 94.7 Å². The fourth-order valence-electron chi connectivity index (χ4n) is 4.28. The van der Waals surface area contributed by atoms with Gasteiger partial charge in [0.05, 0.1) is 0 Å². The molecule has 1 aliphatic rings. The molecule has 0 saturated carbocycles. The van der Waals surface area contributed by atoms with Gasteiger partial charge in [-0.25, -0.2) is 0 Å². The third kappa shape index (κ3) is 8.83. The van der Waals surface area contributed by atoms with Gasteiger partial charge in [-0.2, -0.15) is 0 Å². The zero-order valence-corrected chi connectivity index (χ0v) is 21.6. The third-order valence-electron chi connectivity index (χ3n) is 6.42. The molecule has 0 amide bonds. The van der Waals surface area contributed by atoms with Crippen LogP contribution < -0.4 is 0 Å². The standard InChI is InChI=1S/C25H34O2S.C4H10/c1-19-10-12-20(13-11-19)24-18-28-25-17-21(26)14-15-23(25)22(24)9-7-5-3-4-6-8-16-27-2;1-3-4-2/h10-15,17,22,24,26H,3-9,16,18H2,1-2H3;3-4H2,1-2H3. The number of thioether (sulfide) groups is 1. The highest BCUT2D eigenvalue weighted by atomic mass is 32.2. The number of hydrogen-bond acceptors (Lipinski definition) is 3. The summed E-state index contributed by atoms with van der Waals surface area (Å²) in [5.74, 6) is 2.59. The van der Waals surface area contributed by atoms with E-state index in [1.807, 2.05) is 23.9 Å². The van der Waals surface area contributed by atoms with E-state index in [1.165, 1.54) is 79.4 Å². The van der Waals surface area contributed by atoms with Crippen LogP contribution in [0.25, 0.3) is 0 Å². The van der Waals surface area contributed by atoms with E-state index in [0.717, 1.165) is 12.4 Å². The minimum absolute atomic E-state index is 0.384. The summed E-state index contributed by atoms with van der Waals surface area (Å²) in [5.41, 5.74) is 4.21. The molecule has 0 radical (unpaired) electrons. The van der Waals surface area contributed by atoms with Crippen molar-refractivity contribution in [3.8, 4) is 5.75 Å². The van der Waals surface area contributed by atoms with Crippen molar-refractivity contribution >= 4 is 11.8 Å². The Morgan fingerprint density at radius 2 is 1.56 bits per heavy atom. The van der Waals surface area contributed by atoms with Gasteiger partial charge in [0.1, 0.15) is 5.75 Å². The summed E-state index contributed by atoms with van der Waals surface area (Å²) in [6, 6.07) is 15.1. The van der Waals surface area contributed by atoms with Crippen molar-refractivity contribution in [2.75, 3.05) is 19.5 Å². The van der Waals surface area contributed by atoms with Crippen molar-refractivity contribution in [2.45, 2.75) is 95.3 Å². The van der Waals surface area contributed by atoms with E-state index in [-0.39, 0.29) is 0 Å². The van der Waals surface area contributed by atoms with Crippen molar-refractivity contribution in [3.05, 3.63) is 59.2 Å². The highest BCUT2D eigenvalue weighted by molar-refractivity contribution is 7.99. The van der Waals surface area contributed by atoms with Crippen LogP contribution in [0.2, 0.25) is 0 Å². The number of rotatable bonds is 11. The number of unbranched alkanes of at least 4 members (excludes halogenated alkanes) is 6. The Hall–Kier alpha value is -1.45. The van der Waals surface area contributed by atoms with Crippen molar-refractivity contribution in [1.29, 1.82) is 0 Å². The van der Waals surface area contributed by atoms with Crippen LogP contribution in [0.5, 0.6) is 5.75 Å². The number of methoxy groups -OCH3 is 1. The van der Waals surface area contributed by atoms with Crippen molar-refractivity contribution in [3.63, 3.8) is 0 Å². The largest absolute Gasteiger partial charge is 0.508 e. The molecule has 0 bridgehead atoms. The summed E-state index contributed by atoms with van der Waals surface area (Å²) in [5, 5.41) is 9.90. The lowest BCUT2D eigenvalue weighted by Crippen LogP contribution is -2.19. The average Bonchev–Trinajstić information content (AvgIpc) is 2.81. The Labute approximate surface area is 201 Å². The van der Waals surface area contributed by atoms with Gasteiger partial charge in [0.15, 0.2) is 0 Å². The first-order valence-electron chi connectivity index (χ1n) is 12.6. The second kappa shape index (κ2) is 15.4. The van der Waals surface area contributed by atoms with Crippen LogP contribution in [0.15, 0.2) is 47.4 Å². The predicted octanol–water partition coefficient (Wildman–Crippen LogP) is 8.86. The highest BCUT2D eigenvalue weighted by Crippen LogP contribution is 2.48. The number of ether oxygens (including phenoxy) is 1. The quantitative estimate of drug-likeness (QED) is 0.342. The Morgan fingerprint density at radius 3 is 2.22 bits per heavy atom. The van der Waals surface area contributed by atoms with Gasteiger partial charge in [-0.15, -0.1) is 11.8 Å². The molecule has 0 aromatic heterocycles. The molecular weight excluding hydrogens is 412 g/mol. The smallest absolute Gasteiger partial charge is 0.116 e. The molecule has 2 nitrogen and oxygen atoms in total. The normalized spacial score (nSPS) is 17.4. The van der Waals surface area contributed by atoms with E-state index in [2.05, 4.69) is 51.1 Å². The van der Waals surface area contributed by atoms with Gasteiger partial charge >= 0.3 is 0 Å². The lowest BCUT2D eigenvalue weighted by molar-refractivity contribution is 0.192.